The van der Waals surface area contributed by atoms with Crippen LogP contribution < -0.4 is 5.32 Å². The smallest absolute Gasteiger partial charge is 0.126 e. The number of rotatable bonds is 6. The van der Waals surface area contributed by atoms with Gasteiger partial charge in [-0.15, -0.1) is 0 Å². The Kier molecular flexibility index (Phi) is 5.51. The molecule has 0 bridgehead atoms. The van der Waals surface area contributed by atoms with Gasteiger partial charge in [-0.05, 0) is 38.5 Å². The standard InChI is InChI=1S/C13H19F2NO/c1-9(2)17-5-4-16-10(3)11-6-12(14)8-13(15)7-11/h6-10,16H,4-5H2,1-3H3. The summed E-state index contributed by atoms with van der Waals surface area (Å²) in [5.41, 5.74) is 0.604. The average molecular weight is 243 g/mol. The molecule has 0 aliphatic carbocycles. The first-order chi connectivity index (χ1) is 7.99. The number of halogens is 2. The van der Waals surface area contributed by atoms with Crippen LogP contribution in [0.2, 0.25) is 0 Å². The normalized spacial score (nSPS) is 13.1. The van der Waals surface area contributed by atoms with Crippen LogP contribution in [0.4, 0.5) is 8.78 Å². The summed E-state index contributed by atoms with van der Waals surface area (Å²) in [5, 5.41) is 3.15. The fraction of sp³-hybridized carbons (Fsp3) is 0.538. The van der Waals surface area contributed by atoms with Crippen LogP contribution in [0.15, 0.2) is 18.2 Å². The number of hydrogen-bond donors (Lipinski definition) is 1. The molecule has 0 aliphatic heterocycles. The van der Waals surface area contributed by atoms with Crippen LogP contribution in [-0.2, 0) is 4.74 Å². The first-order valence-electron chi connectivity index (χ1n) is 5.80. The molecule has 17 heavy (non-hydrogen) atoms. The van der Waals surface area contributed by atoms with E-state index in [9.17, 15) is 8.78 Å². The number of hydrogen-bond acceptors (Lipinski definition) is 2. The molecule has 0 saturated heterocycles. The number of nitrogens with one attached hydrogen (secondary N) is 1. The monoisotopic (exact) mass is 243 g/mol. The van der Waals surface area contributed by atoms with Crippen molar-refractivity contribution in [2.24, 2.45) is 0 Å². The predicted molar refractivity (Wildman–Crippen MR) is 63.9 cm³/mol. The highest BCUT2D eigenvalue weighted by molar-refractivity contribution is 5.20. The zero-order valence-electron chi connectivity index (χ0n) is 10.5. The number of ether oxygens (including phenoxy) is 1. The first-order valence-corrected chi connectivity index (χ1v) is 5.80. The maximum atomic E-state index is 13.0. The van der Waals surface area contributed by atoms with E-state index in [0.29, 0.717) is 18.7 Å². The number of benzene rings is 1. The molecule has 1 N–H and O–H groups in total. The van der Waals surface area contributed by atoms with Crippen molar-refractivity contribution in [1.29, 1.82) is 0 Å². The predicted octanol–water partition coefficient (Wildman–Crippen LogP) is 3.04. The molecular weight excluding hydrogens is 224 g/mol. The van der Waals surface area contributed by atoms with Gasteiger partial charge < -0.3 is 10.1 Å². The van der Waals surface area contributed by atoms with E-state index in [1.165, 1.54) is 12.1 Å². The average Bonchev–Trinajstić information content (AvgIpc) is 2.22. The molecule has 0 aliphatic rings. The fourth-order valence-electron chi connectivity index (χ4n) is 1.51. The summed E-state index contributed by atoms with van der Waals surface area (Å²) in [5.74, 6) is -1.10. The Hall–Kier alpha value is -1.00. The summed E-state index contributed by atoms with van der Waals surface area (Å²) in [6.07, 6.45) is 0.193. The van der Waals surface area contributed by atoms with Gasteiger partial charge in [-0.2, -0.15) is 0 Å². The summed E-state index contributed by atoms with van der Waals surface area (Å²) in [4.78, 5) is 0. The fourth-order valence-corrected chi connectivity index (χ4v) is 1.51. The van der Waals surface area contributed by atoms with Crippen molar-refractivity contribution in [2.45, 2.75) is 32.9 Å². The molecule has 0 heterocycles. The molecule has 0 saturated carbocycles. The summed E-state index contributed by atoms with van der Waals surface area (Å²) >= 11 is 0. The van der Waals surface area contributed by atoms with Crippen LogP contribution in [-0.4, -0.2) is 19.3 Å². The maximum absolute atomic E-state index is 13.0. The lowest BCUT2D eigenvalue weighted by Gasteiger charge is -2.15. The summed E-state index contributed by atoms with van der Waals surface area (Å²) in [6.45, 7) is 7.03. The van der Waals surface area contributed by atoms with E-state index < -0.39 is 11.6 Å². The third kappa shape index (κ3) is 5.24. The zero-order chi connectivity index (χ0) is 12.8. The Bertz CT molecular complexity index is 335. The highest BCUT2D eigenvalue weighted by Crippen LogP contribution is 2.15. The molecule has 2 nitrogen and oxygen atoms in total. The Labute approximate surface area is 101 Å². The van der Waals surface area contributed by atoms with Crippen LogP contribution in [0.1, 0.15) is 32.4 Å². The van der Waals surface area contributed by atoms with Crippen LogP contribution in [0.25, 0.3) is 0 Å². The molecule has 1 aromatic carbocycles. The topological polar surface area (TPSA) is 21.3 Å². The SMILES string of the molecule is CC(C)OCCNC(C)c1cc(F)cc(F)c1. The van der Waals surface area contributed by atoms with Gasteiger partial charge in [0.25, 0.3) is 0 Å². The van der Waals surface area contributed by atoms with Crippen molar-refractivity contribution in [3.63, 3.8) is 0 Å². The van der Waals surface area contributed by atoms with Gasteiger partial charge in [0.1, 0.15) is 11.6 Å². The van der Waals surface area contributed by atoms with E-state index in [4.69, 9.17) is 4.74 Å². The van der Waals surface area contributed by atoms with E-state index in [-0.39, 0.29) is 12.1 Å². The van der Waals surface area contributed by atoms with Crippen LogP contribution in [0, 0.1) is 11.6 Å². The van der Waals surface area contributed by atoms with Crippen molar-refractivity contribution < 1.29 is 13.5 Å². The molecule has 1 rings (SSSR count). The van der Waals surface area contributed by atoms with Gasteiger partial charge in [0, 0.05) is 18.7 Å². The lowest BCUT2D eigenvalue weighted by molar-refractivity contribution is 0.0796. The Morgan fingerprint density at radius 1 is 1.12 bits per heavy atom. The van der Waals surface area contributed by atoms with E-state index in [0.717, 1.165) is 6.07 Å². The Balaban J connectivity index is 2.43. The molecule has 0 fully saturated rings. The van der Waals surface area contributed by atoms with Gasteiger partial charge in [0.2, 0.25) is 0 Å². The van der Waals surface area contributed by atoms with Gasteiger partial charge in [0.15, 0.2) is 0 Å². The molecule has 0 radical (unpaired) electrons. The van der Waals surface area contributed by atoms with Gasteiger partial charge in [-0.25, -0.2) is 8.78 Å². The summed E-state index contributed by atoms with van der Waals surface area (Å²) in [6, 6.07) is 3.45. The minimum absolute atomic E-state index is 0.101. The Morgan fingerprint density at radius 3 is 2.24 bits per heavy atom. The zero-order valence-corrected chi connectivity index (χ0v) is 10.5. The lowest BCUT2D eigenvalue weighted by Crippen LogP contribution is -2.24. The summed E-state index contributed by atoms with van der Waals surface area (Å²) in [7, 11) is 0. The highest BCUT2D eigenvalue weighted by atomic mass is 19.1. The Morgan fingerprint density at radius 2 is 1.71 bits per heavy atom. The third-order valence-corrected chi connectivity index (χ3v) is 2.39. The van der Waals surface area contributed by atoms with E-state index in [1.54, 1.807) is 0 Å². The first kappa shape index (κ1) is 14.1. The maximum Gasteiger partial charge on any atom is 0.126 e. The molecule has 4 heteroatoms. The van der Waals surface area contributed by atoms with Gasteiger partial charge >= 0.3 is 0 Å². The van der Waals surface area contributed by atoms with Gasteiger partial charge in [0.05, 0.1) is 12.7 Å². The van der Waals surface area contributed by atoms with Gasteiger partial charge in [-0.3, -0.25) is 0 Å². The summed E-state index contributed by atoms with van der Waals surface area (Å²) < 4.78 is 31.3. The minimum atomic E-state index is -0.549. The third-order valence-electron chi connectivity index (χ3n) is 2.39. The second kappa shape index (κ2) is 6.67. The molecule has 1 unspecified atom stereocenters. The molecule has 0 amide bonds. The van der Waals surface area contributed by atoms with Crippen LogP contribution >= 0.6 is 0 Å². The lowest BCUT2D eigenvalue weighted by atomic mass is 10.1. The molecule has 1 atom stereocenters. The van der Waals surface area contributed by atoms with Crippen molar-refractivity contribution in [1.82, 2.24) is 5.32 Å². The van der Waals surface area contributed by atoms with Crippen molar-refractivity contribution >= 4 is 0 Å². The second-order valence-electron chi connectivity index (χ2n) is 4.30. The van der Waals surface area contributed by atoms with Gasteiger partial charge in [-0.1, -0.05) is 0 Å². The molecule has 0 spiro atoms. The van der Waals surface area contributed by atoms with Crippen molar-refractivity contribution in [3.05, 3.63) is 35.4 Å². The van der Waals surface area contributed by atoms with E-state index >= 15 is 0 Å². The molecule has 1 aromatic rings. The van der Waals surface area contributed by atoms with Crippen molar-refractivity contribution in [2.75, 3.05) is 13.2 Å². The largest absolute Gasteiger partial charge is 0.377 e. The molecular formula is C13H19F2NO. The quantitative estimate of drug-likeness (QED) is 0.775. The van der Waals surface area contributed by atoms with E-state index in [1.807, 2.05) is 20.8 Å². The van der Waals surface area contributed by atoms with Crippen LogP contribution in [0.5, 0.6) is 0 Å². The van der Waals surface area contributed by atoms with E-state index in [2.05, 4.69) is 5.32 Å². The van der Waals surface area contributed by atoms with Crippen LogP contribution in [0.3, 0.4) is 0 Å². The molecule has 0 aromatic heterocycles. The highest BCUT2D eigenvalue weighted by Gasteiger charge is 2.07. The minimum Gasteiger partial charge on any atom is -0.377 e. The second-order valence-corrected chi connectivity index (χ2v) is 4.30. The molecule has 96 valence electrons. The van der Waals surface area contributed by atoms with Crippen molar-refractivity contribution in [3.8, 4) is 0 Å².